The topological polar surface area (TPSA) is 91.5 Å². The molecule has 1 atom stereocenters. The molecular weight excluding hydrogens is 428 g/mol. The molecule has 1 unspecified atom stereocenters. The first-order valence-corrected chi connectivity index (χ1v) is 11.8. The summed E-state index contributed by atoms with van der Waals surface area (Å²) in [6.45, 7) is 14.9. The first-order valence-electron chi connectivity index (χ1n) is 11.8. The molecule has 0 spiro atoms. The van der Waals surface area contributed by atoms with E-state index < -0.39 is 0 Å². The average Bonchev–Trinajstić information content (AvgIpc) is 3.06. The van der Waals surface area contributed by atoms with Crippen molar-refractivity contribution in [1.29, 1.82) is 0 Å². The molecule has 4 N–H and O–H groups in total. The second-order valence-electron chi connectivity index (χ2n) is 10.8. The predicted octanol–water partition coefficient (Wildman–Crippen LogP) is 4.25. The van der Waals surface area contributed by atoms with Crippen molar-refractivity contribution in [2.75, 3.05) is 37.4 Å². The Kier molecular flexibility index (Phi) is 7.56. The molecule has 2 aliphatic rings. The summed E-state index contributed by atoms with van der Waals surface area (Å²) in [6, 6.07) is 11.9. The van der Waals surface area contributed by atoms with Gasteiger partial charge in [-0.1, -0.05) is 53.7 Å². The molecule has 2 amide bonds. The van der Waals surface area contributed by atoms with Gasteiger partial charge in [0, 0.05) is 31.6 Å². The number of rotatable bonds is 1. The molecule has 4 rings (SSSR count). The fourth-order valence-electron chi connectivity index (χ4n) is 3.80. The predicted molar refractivity (Wildman–Crippen MR) is 138 cm³/mol. The van der Waals surface area contributed by atoms with E-state index in [1.54, 1.807) is 7.11 Å². The molecule has 0 fully saturated rings. The number of nitrogens with one attached hydrogen (secondary N) is 4. The van der Waals surface area contributed by atoms with E-state index in [0.717, 1.165) is 23.5 Å². The van der Waals surface area contributed by atoms with Crippen molar-refractivity contribution in [3.8, 4) is 0 Å². The lowest BCUT2D eigenvalue weighted by Gasteiger charge is -2.22. The molecule has 7 heteroatoms. The summed E-state index contributed by atoms with van der Waals surface area (Å²) in [6.07, 6.45) is -0.189. The summed E-state index contributed by atoms with van der Waals surface area (Å²) in [5.41, 5.74) is 5.80. The van der Waals surface area contributed by atoms with Crippen LogP contribution in [0.15, 0.2) is 36.4 Å². The standard InChI is InChI=1S/C14H20N2O2.C13H18N2O/c1-14(2,3)9-5-6-10-11(7-9)16-12(18-4)8-15-13(10)17;1-13(2,3)9-4-5-10-11(8-9)14-6-7-15-12(10)16/h5-7,12,16H,8H2,1-4H3,(H,15,17);4-5,8,14H,6-7H2,1-3H3,(H,15,16). The van der Waals surface area contributed by atoms with Crippen LogP contribution in [0.3, 0.4) is 0 Å². The normalized spacial score (nSPS) is 17.8. The fourth-order valence-corrected chi connectivity index (χ4v) is 3.80. The van der Waals surface area contributed by atoms with Crippen molar-refractivity contribution < 1.29 is 14.3 Å². The number of fused-ring (bicyclic) bond motifs is 2. The zero-order valence-electron chi connectivity index (χ0n) is 21.4. The highest BCUT2D eigenvalue weighted by molar-refractivity contribution is 6.01. The first-order chi connectivity index (χ1) is 15.9. The van der Waals surface area contributed by atoms with Crippen LogP contribution in [0, 0.1) is 0 Å². The maximum Gasteiger partial charge on any atom is 0.253 e. The molecular formula is C27H38N4O3. The fraction of sp³-hybridized carbons (Fsp3) is 0.481. The highest BCUT2D eigenvalue weighted by Crippen LogP contribution is 2.29. The highest BCUT2D eigenvalue weighted by Gasteiger charge is 2.23. The van der Waals surface area contributed by atoms with Gasteiger partial charge in [-0.15, -0.1) is 0 Å². The number of amides is 2. The quantitative estimate of drug-likeness (QED) is 0.504. The minimum Gasteiger partial charge on any atom is -0.383 e. The van der Waals surface area contributed by atoms with Crippen LogP contribution in [0.4, 0.5) is 11.4 Å². The van der Waals surface area contributed by atoms with E-state index in [0.29, 0.717) is 18.7 Å². The average molecular weight is 467 g/mol. The third kappa shape index (κ3) is 6.08. The Morgan fingerprint density at radius 1 is 0.735 bits per heavy atom. The van der Waals surface area contributed by atoms with Crippen LogP contribution >= 0.6 is 0 Å². The minimum absolute atomic E-state index is 0.0143. The van der Waals surface area contributed by atoms with Crippen molar-refractivity contribution in [2.24, 2.45) is 0 Å². The van der Waals surface area contributed by atoms with Crippen molar-refractivity contribution in [3.63, 3.8) is 0 Å². The Hall–Kier alpha value is -3.06. The number of carbonyl (C=O) groups is 2. The van der Waals surface area contributed by atoms with E-state index in [9.17, 15) is 9.59 Å². The van der Waals surface area contributed by atoms with E-state index >= 15 is 0 Å². The van der Waals surface area contributed by atoms with E-state index in [4.69, 9.17) is 4.74 Å². The van der Waals surface area contributed by atoms with E-state index in [2.05, 4.69) is 68.9 Å². The number of hydrogen-bond donors (Lipinski definition) is 4. The zero-order valence-corrected chi connectivity index (χ0v) is 21.4. The van der Waals surface area contributed by atoms with Crippen LogP contribution in [0.25, 0.3) is 0 Å². The van der Waals surface area contributed by atoms with Crippen LogP contribution in [-0.2, 0) is 15.6 Å². The molecule has 2 heterocycles. The number of carbonyl (C=O) groups excluding carboxylic acids is 2. The lowest BCUT2D eigenvalue weighted by molar-refractivity contribution is 0.0901. The number of anilines is 2. The molecule has 34 heavy (non-hydrogen) atoms. The van der Waals surface area contributed by atoms with Gasteiger partial charge < -0.3 is 26.0 Å². The van der Waals surface area contributed by atoms with Gasteiger partial charge in [-0.3, -0.25) is 9.59 Å². The highest BCUT2D eigenvalue weighted by atomic mass is 16.5. The third-order valence-electron chi connectivity index (χ3n) is 6.04. The van der Waals surface area contributed by atoms with Crippen molar-refractivity contribution in [2.45, 2.75) is 58.6 Å². The maximum atomic E-state index is 11.9. The largest absolute Gasteiger partial charge is 0.383 e. The maximum absolute atomic E-state index is 11.9. The van der Waals surface area contributed by atoms with Gasteiger partial charge in [0.25, 0.3) is 11.8 Å². The lowest BCUT2D eigenvalue weighted by atomic mass is 9.86. The van der Waals surface area contributed by atoms with Gasteiger partial charge >= 0.3 is 0 Å². The van der Waals surface area contributed by atoms with Gasteiger partial charge in [-0.05, 0) is 46.2 Å². The molecule has 0 saturated carbocycles. The molecule has 2 aromatic rings. The molecule has 2 aromatic carbocycles. The van der Waals surface area contributed by atoms with Crippen LogP contribution in [0.1, 0.15) is 73.4 Å². The summed E-state index contributed by atoms with van der Waals surface area (Å²) < 4.78 is 5.28. The van der Waals surface area contributed by atoms with E-state index in [1.807, 2.05) is 30.3 Å². The smallest absolute Gasteiger partial charge is 0.253 e. The van der Waals surface area contributed by atoms with Crippen LogP contribution in [0.2, 0.25) is 0 Å². The molecule has 0 saturated heterocycles. The summed E-state index contributed by atoms with van der Waals surface area (Å²) >= 11 is 0. The van der Waals surface area contributed by atoms with Crippen molar-refractivity contribution >= 4 is 23.2 Å². The Balaban J connectivity index is 0.000000192. The molecule has 0 radical (unpaired) electrons. The van der Waals surface area contributed by atoms with Crippen LogP contribution < -0.4 is 21.3 Å². The Labute approximate surface area is 203 Å². The second-order valence-corrected chi connectivity index (χ2v) is 10.8. The number of methoxy groups -OCH3 is 1. The molecule has 0 bridgehead atoms. The Morgan fingerprint density at radius 3 is 1.79 bits per heavy atom. The van der Waals surface area contributed by atoms with Crippen molar-refractivity contribution in [3.05, 3.63) is 58.7 Å². The number of benzene rings is 2. The zero-order chi connectivity index (χ0) is 25.1. The van der Waals surface area contributed by atoms with Gasteiger partial charge in [-0.2, -0.15) is 0 Å². The minimum atomic E-state index is -0.189. The number of hydrogen-bond acceptors (Lipinski definition) is 5. The van der Waals surface area contributed by atoms with Gasteiger partial charge in [0.1, 0.15) is 6.23 Å². The third-order valence-corrected chi connectivity index (χ3v) is 6.04. The molecule has 184 valence electrons. The summed E-state index contributed by atoms with van der Waals surface area (Å²) in [5.74, 6) is -0.0435. The lowest BCUT2D eigenvalue weighted by Crippen LogP contribution is -2.33. The second kappa shape index (κ2) is 10.1. The monoisotopic (exact) mass is 466 g/mol. The molecule has 0 aliphatic carbocycles. The summed E-state index contributed by atoms with van der Waals surface area (Å²) in [7, 11) is 1.63. The SMILES string of the molecule is CC(C)(C)c1ccc2c(c1)NCCNC2=O.COC1CNC(=O)c2ccc(C(C)(C)C)cc2N1. The number of ether oxygens (including phenoxy) is 1. The van der Waals surface area contributed by atoms with Crippen LogP contribution in [0.5, 0.6) is 0 Å². The Bertz CT molecular complexity index is 1050. The van der Waals surface area contributed by atoms with Crippen molar-refractivity contribution in [1.82, 2.24) is 10.6 Å². The summed E-state index contributed by atoms with van der Waals surface area (Å²) in [4.78, 5) is 23.6. The van der Waals surface area contributed by atoms with E-state index in [-0.39, 0.29) is 28.9 Å². The molecule has 0 aromatic heterocycles. The molecule has 7 nitrogen and oxygen atoms in total. The summed E-state index contributed by atoms with van der Waals surface area (Å²) in [5, 5.41) is 12.2. The van der Waals surface area contributed by atoms with Gasteiger partial charge in [0.15, 0.2) is 0 Å². The molecule has 2 aliphatic heterocycles. The van der Waals surface area contributed by atoms with Gasteiger partial charge in [0.05, 0.1) is 17.7 Å². The van der Waals surface area contributed by atoms with Gasteiger partial charge in [-0.25, -0.2) is 0 Å². The first kappa shape index (κ1) is 25.6. The van der Waals surface area contributed by atoms with Crippen LogP contribution in [-0.4, -0.2) is 44.8 Å². The van der Waals surface area contributed by atoms with Gasteiger partial charge in [0.2, 0.25) is 0 Å². The van der Waals surface area contributed by atoms with E-state index in [1.165, 1.54) is 11.1 Å². The Morgan fingerprint density at radius 2 is 1.24 bits per heavy atom.